The first-order chi connectivity index (χ1) is 24.2. The molecule has 0 fully saturated rings. The molecule has 232 valence electrons. The number of rotatable bonds is 3. The molecule has 0 bridgehead atoms. The molecule has 10 rings (SSSR count). The maximum Gasteiger partial charge on any atom is 0.136 e. The third kappa shape index (κ3) is 4.00. The molecule has 2 aliphatic heterocycles. The van der Waals surface area contributed by atoms with E-state index in [1.807, 2.05) is 24.3 Å². The Morgan fingerprint density at radius 2 is 1.43 bits per heavy atom. The number of hydrogen-bond donors (Lipinski definition) is 0. The molecule has 0 saturated carbocycles. The van der Waals surface area contributed by atoms with Gasteiger partial charge in [-0.15, -0.1) is 0 Å². The standard InChI is InChI=1S/C45H31N3O/c46-28-29-18-20-30(21-19-29)31-23-25-43-39(26-31)45(37-14-6-9-17-42(37)49-43)36-13-5-4-12-34(36)35-24-22-32(27-38(35)45)44-47-40-15-7-8-16-41(40)48(44)33-10-2-1-3-11-33/h1-3,6-27,40-41H,4-5H2. The molecule has 5 aliphatic rings. The van der Waals surface area contributed by atoms with Crippen LogP contribution in [0.2, 0.25) is 0 Å². The highest BCUT2D eigenvalue weighted by atomic mass is 16.5. The summed E-state index contributed by atoms with van der Waals surface area (Å²) in [5.41, 5.74) is 11.9. The smallest absolute Gasteiger partial charge is 0.136 e. The van der Waals surface area contributed by atoms with Crippen LogP contribution in [-0.2, 0) is 5.41 Å². The molecule has 0 amide bonds. The van der Waals surface area contributed by atoms with Crippen molar-refractivity contribution < 1.29 is 4.74 Å². The van der Waals surface area contributed by atoms with Gasteiger partial charge in [-0.05, 0) is 94.8 Å². The van der Waals surface area contributed by atoms with Crippen molar-refractivity contribution in [3.05, 3.63) is 191 Å². The maximum absolute atomic E-state index is 9.44. The SMILES string of the molecule is N#Cc1ccc(-c2ccc3c(c2)C2(C4=CCCC=C4c4ccc(C5=NC6C=CC=CC6N5c5ccccc5)cc42)c2ccccc2O3)cc1. The number of allylic oxidation sites excluding steroid dienone is 6. The Bertz CT molecular complexity index is 2390. The van der Waals surface area contributed by atoms with Gasteiger partial charge in [0, 0.05) is 22.4 Å². The molecular formula is C45H31N3O. The van der Waals surface area contributed by atoms with Crippen LogP contribution in [0.1, 0.15) is 46.2 Å². The molecule has 3 unspecified atom stereocenters. The molecule has 0 radical (unpaired) electrons. The van der Waals surface area contributed by atoms with E-state index in [0.29, 0.717) is 5.56 Å². The van der Waals surface area contributed by atoms with E-state index >= 15 is 0 Å². The second-order valence-electron chi connectivity index (χ2n) is 13.2. The first-order valence-corrected chi connectivity index (χ1v) is 17.0. The van der Waals surface area contributed by atoms with E-state index in [2.05, 4.69) is 138 Å². The van der Waals surface area contributed by atoms with Crippen LogP contribution in [0.25, 0.3) is 16.7 Å². The number of para-hydroxylation sites is 2. The molecule has 0 N–H and O–H groups in total. The topological polar surface area (TPSA) is 48.6 Å². The Morgan fingerprint density at radius 3 is 2.31 bits per heavy atom. The fourth-order valence-corrected chi connectivity index (χ4v) is 8.58. The molecule has 3 aliphatic carbocycles. The lowest BCUT2D eigenvalue weighted by Gasteiger charge is -2.40. The third-order valence-electron chi connectivity index (χ3n) is 10.7. The van der Waals surface area contributed by atoms with Crippen LogP contribution in [0.4, 0.5) is 5.69 Å². The Hall–Kier alpha value is -6.18. The fourth-order valence-electron chi connectivity index (χ4n) is 8.58. The highest BCUT2D eigenvalue weighted by Crippen LogP contribution is 2.64. The van der Waals surface area contributed by atoms with Gasteiger partial charge in [0.15, 0.2) is 0 Å². The van der Waals surface area contributed by atoms with Crippen LogP contribution in [0.5, 0.6) is 11.5 Å². The Morgan fingerprint density at radius 1 is 0.694 bits per heavy atom. The number of amidine groups is 1. The summed E-state index contributed by atoms with van der Waals surface area (Å²) in [6.07, 6.45) is 15.6. The normalized spacial score (nSPS) is 22.1. The highest BCUT2D eigenvalue weighted by Gasteiger charge is 2.53. The van der Waals surface area contributed by atoms with Crippen LogP contribution in [0.3, 0.4) is 0 Å². The summed E-state index contributed by atoms with van der Waals surface area (Å²) < 4.78 is 6.72. The van der Waals surface area contributed by atoms with Crippen molar-refractivity contribution in [2.24, 2.45) is 4.99 Å². The van der Waals surface area contributed by atoms with E-state index in [9.17, 15) is 5.26 Å². The molecule has 4 heteroatoms. The molecule has 1 spiro atoms. The van der Waals surface area contributed by atoms with Gasteiger partial charge in [-0.3, -0.25) is 4.99 Å². The summed E-state index contributed by atoms with van der Waals surface area (Å²) in [6.45, 7) is 0. The summed E-state index contributed by atoms with van der Waals surface area (Å²) in [5.74, 6) is 2.74. The zero-order valence-corrected chi connectivity index (χ0v) is 26.8. The highest BCUT2D eigenvalue weighted by molar-refractivity contribution is 6.13. The predicted octanol–water partition coefficient (Wildman–Crippen LogP) is 9.91. The number of nitriles is 1. The van der Waals surface area contributed by atoms with Crippen molar-refractivity contribution in [2.75, 3.05) is 4.90 Å². The Balaban J connectivity index is 1.23. The van der Waals surface area contributed by atoms with E-state index in [0.717, 1.165) is 63.7 Å². The van der Waals surface area contributed by atoms with Gasteiger partial charge in [0.1, 0.15) is 17.3 Å². The van der Waals surface area contributed by atoms with E-state index < -0.39 is 5.41 Å². The molecule has 49 heavy (non-hydrogen) atoms. The van der Waals surface area contributed by atoms with Gasteiger partial charge in [0.2, 0.25) is 0 Å². The number of fused-ring (bicyclic) bond motifs is 10. The van der Waals surface area contributed by atoms with Gasteiger partial charge in [0.05, 0.1) is 29.1 Å². The monoisotopic (exact) mass is 629 g/mol. The largest absolute Gasteiger partial charge is 0.457 e. The number of hydrogen-bond acceptors (Lipinski definition) is 4. The van der Waals surface area contributed by atoms with Crippen LogP contribution in [0, 0.1) is 11.3 Å². The Kier molecular flexibility index (Phi) is 6.07. The summed E-state index contributed by atoms with van der Waals surface area (Å²) in [7, 11) is 0. The molecule has 3 atom stereocenters. The van der Waals surface area contributed by atoms with Gasteiger partial charge in [-0.25, -0.2) is 0 Å². The first-order valence-electron chi connectivity index (χ1n) is 17.0. The van der Waals surface area contributed by atoms with Crippen molar-refractivity contribution in [1.29, 1.82) is 5.26 Å². The average Bonchev–Trinajstić information content (AvgIpc) is 3.70. The van der Waals surface area contributed by atoms with Crippen LogP contribution in [-0.4, -0.2) is 17.9 Å². The lowest BCUT2D eigenvalue weighted by Crippen LogP contribution is -2.39. The maximum atomic E-state index is 9.44. The predicted molar refractivity (Wildman–Crippen MR) is 196 cm³/mol. The van der Waals surface area contributed by atoms with Crippen LogP contribution in [0.15, 0.2) is 162 Å². The molecule has 2 heterocycles. The molecule has 5 aromatic carbocycles. The molecule has 5 aromatic rings. The summed E-state index contributed by atoms with van der Waals surface area (Å²) in [5, 5.41) is 9.44. The molecule has 4 nitrogen and oxygen atoms in total. The van der Waals surface area contributed by atoms with Gasteiger partial charge in [-0.1, -0.05) is 103 Å². The minimum atomic E-state index is -0.576. The van der Waals surface area contributed by atoms with Gasteiger partial charge >= 0.3 is 0 Å². The lowest BCUT2D eigenvalue weighted by atomic mass is 9.64. The number of nitrogens with zero attached hydrogens (tertiary/aromatic N) is 3. The van der Waals surface area contributed by atoms with Crippen LogP contribution >= 0.6 is 0 Å². The van der Waals surface area contributed by atoms with E-state index in [-0.39, 0.29) is 12.1 Å². The second kappa shape index (κ2) is 10.7. The van der Waals surface area contributed by atoms with E-state index in [4.69, 9.17) is 9.73 Å². The van der Waals surface area contributed by atoms with Crippen molar-refractivity contribution >= 4 is 17.1 Å². The van der Waals surface area contributed by atoms with Crippen molar-refractivity contribution in [3.63, 3.8) is 0 Å². The summed E-state index contributed by atoms with van der Waals surface area (Å²) in [6, 6.07) is 43.0. The fraction of sp³-hybridized carbons (Fsp3) is 0.111. The average molecular weight is 630 g/mol. The van der Waals surface area contributed by atoms with E-state index in [1.165, 1.54) is 22.3 Å². The lowest BCUT2D eigenvalue weighted by molar-refractivity contribution is 0.436. The zero-order chi connectivity index (χ0) is 32.5. The molecular weight excluding hydrogens is 599 g/mol. The zero-order valence-electron chi connectivity index (χ0n) is 26.8. The number of anilines is 1. The molecule has 0 aromatic heterocycles. The Labute approximate surface area is 286 Å². The number of ether oxygens (including phenoxy) is 1. The van der Waals surface area contributed by atoms with Crippen LogP contribution < -0.4 is 9.64 Å². The van der Waals surface area contributed by atoms with Gasteiger partial charge in [0.25, 0.3) is 0 Å². The van der Waals surface area contributed by atoms with Gasteiger partial charge in [-0.2, -0.15) is 5.26 Å². The second-order valence-corrected chi connectivity index (χ2v) is 13.2. The van der Waals surface area contributed by atoms with Crippen molar-refractivity contribution in [3.8, 4) is 28.7 Å². The van der Waals surface area contributed by atoms with Crippen molar-refractivity contribution in [1.82, 2.24) is 0 Å². The number of benzene rings is 5. The van der Waals surface area contributed by atoms with Gasteiger partial charge < -0.3 is 9.64 Å². The van der Waals surface area contributed by atoms with Crippen molar-refractivity contribution in [2.45, 2.75) is 30.3 Å². The minimum Gasteiger partial charge on any atom is -0.457 e. The summed E-state index contributed by atoms with van der Waals surface area (Å²) in [4.78, 5) is 7.77. The quantitative estimate of drug-likeness (QED) is 0.200. The first kappa shape index (κ1) is 27.9. The molecule has 0 saturated heterocycles. The third-order valence-corrected chi connectivity index (χ3v) is 10.7. The van der Waals surface area contributed by atoms with E-state index in [1.54, 1.807) is 0 Å². The minimum absolute atomic E-state index is 0.0509. The number of aliphatic imine (C=N–C) groups is 1. The summed E-state index contributed by atoms with van der Waals surface area (Å²) >= 11 is 0.